The van der Waals surface area contributed by atoms with Crippen LogP contribution < -0.4 is 5.32 Å². The highest BCUT2D eigenvalue weighted by Crippen LogP contribution is 2.23. The third kappa shape index (κ3) is 2.63. The summed E-state index contributed by atoms with van der Waals surface area (Å²) in [4.78, 5) is 11.0. The summed E-state index contributed by atoms with van der Waals surface area (Å²) in [6.45, 7) is 2.92. The van der Waals surface area contributed by atoms with Gasteiger partial charge in [0.2, 0.25) is 0 Å². The maximum absolute atomic E-state index is 11.0. The second-order valence-corrected chi connectivity index (χ2v) is 5.63. The molecule has 3 rings (SSSR count). The van der Waals surface area contributed by atoms with Gasteiger partial charge in [0.1, 0.15) is 11.6 Å². The van der Waals surface area contributed by atoms with Crippen LogP contribution in [0.5, 0.6) is 0 Å². The van der Waals surface area contributed by atoms with Gasteiger partial charge in [0, 0.05) is 19.4 Å². The fourth-order valence-electron chi connectivity index (χ4n) is 3.11. The minimum Gasteiger partial charge on any atom is -0.481 e. The largest absolute Gasteiger partial charge is 0.481 e. The summed E-state index contributed by atoms with van der Waals surface area (Å²) in [7, 11) is 0. The van der Waals surface area contributed by atoms with Gasteiger partial charge in [0.25, 0.3) is 0 Å². The molecule has 2 unspecified atom stereocenters. The zero-order valence-corrected chi connectivity index (χ0v) is 11.0. The van der Waals surface area contributed by atoms with E-state index in [0.29, 0.717) is 18.8 Å². The summed E-state index contributed by atoms with van der Waals surface area (Å²) in [5.41, 5.74) is 0. The topological polar surface area (TPSA) is 80.0 Å². The van der Waals surface area contributed by atoms with Gasteiger partial charge in [-0.05, 0) is 38.3 Å². The number of hydrogen-bond donors (Lipinski definition) is 2. The standard InChI is InChI=1S/C13H20N4O2/c18-13(19)10-3-5-17-11(15-16-12(17)7-10)6-9-2-1-4-14-8-9/h9-10,14H,1-8H2,(H,18,19). The van der Waals surface area contributed by atoms with Crippen LogP contribution in [0.1, 0.15) is 30.9 Å². The molecule has 2 N–H and O–H groups in total. The lowest BCUT2D eigenvalue weighted by Crippen LogP contribution is -2.32. The highest BCUT2D eigenvalue weighted by molar-refractivity contribution is 5.70. The Labute approximate surface area is 112 Å². The molecule has 3 heterocycles. The number of fused-ring (bicyclic) bond motifs is 1. The van der Waals surface area contributed by atoms with Gasteiger partial charge in [-0.15, -0.1) is 10.2 Å². The number of hydrogen-bond acceptors (Lipinski definition) is 4. The summed E-state index contributed by atoms with van der Waals surface area (Å²) in [5, 5.41) is 20.9. The van der Waals surface area contributed by atoms with Crippen LogP contribution in [0.4, 0.5) is 0 Å². The lowest BCUT2D eigenvalue weighted by molar-refractivity contribution is -0.142. The lowest BCUT2D eigenvalue weighted by atomic mass is 9.95. The van der Waals surface area contributed by atoms with Gasteiger partial charge >= 0.3 is 5.97 Å². The van der Waals surface area contributed by atoms with Crippen molar-refractivity contribution >= 4 is 5.97 Å². The monoisotopic (exact) mass is 264 g/mol. The Hall–Kier alpha value is -1.43. The SMILES string of the molecule is O=C(O)C1CCn2c(CC3CCCNC3)nnc2C1. The van der Waals surface area contributed by atoms with Crippen LogP contribution in [-0.2, 0) is 24.2 Å². The van der Waals surface area contributed by atoms with Crippen LogP contribution >= 0.6 is 0 Å². The Kier molecular flexibility index (Phi) is 3.50. The molecule has 2 aliphatic heterocycles. The molecule has 2 aliphatic rings. The maximum Gasteiger partial charge on any atom is 0.307 e. The van der Waals surface area contributed by atoms with E-state index in [-0.39, 0.29) is 5.92 Å². The van der Waals surface area contributed by atoms with Crippen molar-refractivity contribution in [2.75, 3.05) is 13.1 Å². The number of rotatable bonds is 3. The van der Waals surface area contributed by atoms with E-state index in [2.05, 4.69) is 20.1 Å². The minimum atomic E-state index is -0.715. The summed E-state index contributed by atoms with van der Waals surface area (Å²) < 4.78 is 2.13. The molecule has 0 aromatic carbocycles. The first-order valence-electron chi connectivity index (χ1n) is 7.08. The van der Waals surface area contributed by atoms with Crippen molar-refractivity contribution in [1.29, 1.82) is 0 Å². The predicted octanol–water partition coefficient (Wildman–Crippen LogP) is 0.467. The van der Waals surface area contributed by atoms with Crippen molar-refractivity contribution in [3.05, 3.63) is 11.6 Å². The van der Waals surface area contributed by atoms with Crippen molar-refractivity contribution < 1.29 is 9.90 Å². The lowest BCUT2D eigenvalue weighted by Gasteiger charge is -2.24. The Bertz CT molecular complexity index is 465. The second kappa shape index (κ2) is 5.28. The summed E-state index contributed by atoms with van der Waals surface area (Å²) in [6, 6.07) is 0. The van der Waals surface area contributed by atoms with Gasteiger partial charge in [0.05, 0.1) is 5.92 Å². The first-order chi connectivity index (χ1) is 9.24. The molecular formula is C13H20N4O2. The van der Waals surface area contributed by atoms with E-state index < -0.39 is 5.97 Å². The molecule has 104 valence electrons. The Balaban J connectivity index is 1.70. The number of carbonyl (C=O) groups is 1. The van der Waals surface area contributed by atoms with Gasteiger partial charge in [-0.25, -0.2) is 0 Å². The molecule has 0 radical (unpaired) electrons. The van der Waals surface area contributed by atoms with Crippen LogP contribution in [-0.4, -0.2) is 38.9 Å². The molecule has 0 saturated carbocycles. The van der Waals surface area contributed by atoms with Gasteiger partial charge in [-0.2, -0.15) is 0 Å². The normalized spacial score (nSPS) is 26.9. The molecule has 0 aliphatic carbocycles. The van der Waals surface area contributed by atoms with E-state index >= 15 is 0 Å². The fraction of sp³-hybridized carbons (Fsp3) is 0.769. The first-order valence-corrected chi connectivity index (χ1v) is 7.08. The molecule has 6 nitrogen and oxygen atoms in total. The number of carboxylic acids is 1. The molecule has 1 saturated heterocycles. The number of aromatic nitrogens is 3. The molecule has 0 bridgehead atoms. The highest BCUT2D eigenvalue weighted by atomic mass is 16.4. The Morgan fingerprint density at radius 3 is 3.05 bits per heavy atom. The number of nitrogens with one attached hydrogen (secondary N) is 1. The average molecular weight is 264 g/mol. The van der Waals surface area contributed by atoms with E-state index in [0.717, 1.165) is 37.7 Å². The van der Waals surface area contributed by atoms with Gasteiger partial charge in [-0.1, -0.05) is 0 Å². The van der Waals surface area contributed by atoms with E-state index in [9.17, 15) is 4.79 Å². The van der Waals surface area contributed by atoms with Crippen molar-refractivity contribution in [3.63, 3.8) is 0 Å². The van der Waals surface area contributed by atoms with Crippen molar-refractivity contribution in [1.82, 2.24) is 20.1 Å². The summed E-state index contributed by atoms with van der Waals surface area (Å²) in [6.07, 6.45) is 4.64. The van der Waals surface area contributed by atoms with Crippen LogP contribution in [0.3, 0.4) is 0 Å². The van der Waals surface area contributed by atoms with Crippen LogP contribution in [0.25, 0.3) is 0 Å². The van der Waals surface area contributed by atoms with E-state index in [1.165, 1.54) is 12.8 Å². The van der Waals surface area contributed by atoms with Crippen molar-refractivity contribution in [3.8, 4) is 0 Å². The van der Waals surface area contributed by atoms with Crippen molar-refractivity contribution in [2.24, 2.45) is 11.8 Å². The molecule has 1 aromatic heterocycles. The predicted molar refractivity (Wildman–Crippen MR) is 68.8 cm³/mol. The summed E-state index contributed by atoms with van der Waals surface area (Å²) >= 11 is 0. The van der Waals surface area contributed by atoms with Gasteiger partial charge in [0.15, 0.2) is 0 Å². The van der Waals surface area contributed by atoms with Gasteiger partial charge in [-0.3, -0.25) is 4.79 Å². The summed E-state index contributed by atoms with van der Waals surface area (Å²) in [5.74, 6) is 1.51. The van der Waals surface area contributed by atoms with Gasteiger partial charge < -0.3 is 15.0 Å². The highest BCUT2D eigenvalue weighted by Gasteiger charge is 2.28. The van der Waals surface area contributed by atoms with Crippen LogP contribution in [0.15, 0.2) is 0 Å². The molecule has 1 aromatic rings. The Morgan fingerprint density at radius 2 is 2.32 bits per heavy atom. The van der Waals surface area contributed by atoms with E-state index in [4.69, 9.17) is 5.11 Å². The molecular weight excluding hydrogens is 244 g/mol. The molecule has 6 heteroatoms. The van der Waals surface area contributed by atoms with E-state index in [1.54, 1.807) is 0 Å². The molecule has 0 spiro atoms. The number of nitrogens with zero attached hydrogens (tertiary/aromatic N) is 3. The molecule has 0 amide bonds. The molecule has 1 fully saturated rings. The average Bonchev–Trinajstić information content (AvgIpc) is 2.82. The van der Waals surface area contributed by atoms with Crippen LogP contribution in [0.2, 0.25) is 0 Å². The maximum atomic E-state index is 11.0. The second-order valence-electron chi connectivity index (χ2n) is 5.63. The zero-order chi connectivity index (χ0) is 13.2. The third-order valence-corrected chi connectivity index (χ3v) is 4.25. The van der Waals surface area contributed by atoms with Crippen molar-refractivity contribution in [2.45, 2.75) is 38.6 Å². The zero-order valence-electron chi connectivity index (χ0n) is 11.0. The fourth-order valence-corrected chi connectivity index (χ4v) is 3.11. The molecule has 19 heavy (non-hydrogen) atoms. The smallest absolute Gasteiger partial charge is 0.307 e. The minimum absolute atomic E-state index is 0.291. The quantitative estimate of drug-likeness (QED) is 0.829. The number of carboxylic acid groups (broad SMARTS) is 1. The Morgan fingerprint density at radius 1 is 1.42 bits per heavy atom. The van der Waals surface area contributed by atoms with E-state index in [1.807, 2.05) is 0 Å². The number of piperidine rings is 1. The first kappa shape index (κ1) is 12.6. The molecule has 2 atom stereocenters. The third-order valence-electron chi connectivity index (χ3n) is 4.25. The van der Waals surface area contributed by atoms with Crippen LogP contribution in [0, 0.1) is 11.8 Å². The number of aliphatic carboxylic acids is 1.